The molecular weight excluding hydrogens is 412 g/mol. The van der Waals surface area contributed by atoms with Crippen molar-refractivity contribution in [3.8, 4) is 5.88 Å². The van der Waals surface area contributed by atoms with E-state index < -0.39 is 34.1 Å². The van der Waals surface area contributed by atoms with Gasteiger partial charge in [-0.15, -0.1) is 0 Å². The highest BCUT2D eigenvalue weighted by Crippen LogP contribution is 2.34. The molecule has 2 fully saturated rings. The van der Waals surface area contributed by atoms with Crippen molar-refractivity contribution in [1.82, 2.24) is 9.29 Å². The van der Waals surface area contributed by atoms with Crippen molar-refractivity contribution >= 4 is 16.0 Å². The highest BCUT2D eigenvalue weighted by molar-refractivity contribution is 7.88. The summed E-state index contributed by atoms with van der Waals surface area (Å²) in [4.78, 5) is 12.8. The molecule has 3 rings (SSSR count). The first-order valence-electron chi connectivity index (χ1n) is 8.07. The summed E-state index contributed by atoms with van der Waals surface area (Å²) in [5.74, 6) is -3.43. The number of hydrogen-bond donors (Lipinski definition) is 1. The highest BCUT2D eigenvalue weighted by atomic mass is 32.2. The maximum absolute atomic E-state index is 13.7. The monoisotopic (exact) mass is 430 g/mol. The van der Waals surface area contributed by atoms with Crippen molar-refractivity contribution in [2.24, 2.45) is 0 Å². The predicted octanol–water partition coefficient (Wildman–Crippen LogP) is 1.42. The molecule has 158 valence electrons. The van der Waals surface area contributed by atoms with Gasteiger partial charge < -0.3 is 14.6 Å². The molecule has 0 amide bonds. The first-order chi connectivity index (χ1) is 12.9. The van der Waals surface area contributed by atoms with Crippen LogP contribution in [0.4, 0.5) is 17.6 Å². The summed E-state index contributed by atoms with van der Waals surface area (Å²) in [5.41, 5.74) is 0. The standard InChI is InChI=1S/C13H17FN2O4S.C2HF3O2/c1-21(17,18)16-7-8-19-11-5-4-10(16)12(11)20-13-9(14)3-2-6-15-13;3-2(4,5)1(6)7/h2-3,6,10-12H,4-5,7-8H2,1H3;(H,6,7). The van der Waals surface area contributed by atoms with E-state index in [1.54, 1.807) is 0 Å². The molecule has 1 aromatic rings. The van der Waals surface area contributed by atoms with Gasteiger partial charge in [-0.05, 0) is 25.0 Å². The zero-order valence-corrected chi connectivity index (χ0v) is 15.4. The van der Waals surface area contributed by atoms with Crippen molar-refractivity contribution in [3.05, 3.63) is 24.1 Å². The number of nitrogens with zero attached hydrogens (tertiary/aromatic N) is 2. The SMILES string of the molecule is CS(=O)(=O)N1CCOC2CCC1C2Oc1ncccc1F.O=C(O)C(F)(F)F. The Morgan fingerprint density at radius 1 is 1.39 bits per heavy atom. The molecule has 2 bridgehead atoms. The normalized spacial score (nSPS) is 25.4. The van der Waals surface area contributed by atoms with Gasteiger partial charge in [0, 0.05) is 12.7 Å². The molecule has 1 N–H and O–H groups in total. The average molecular weight is 430 g/mol. The van der Waals surface area contributed by atoms with Gasteiger partial charge >= 0.3 is 12.1 Å². The third kappa shape index (κ3) is 5.52. The molecule has 8 nitrogen and oxygen atoms in total. The lowest BCUT2D eigenvalue weighted by Crippen LogP contribution is -2.47. The largest absolute Gasteiger partial charge is 0.490 e. The Balaban J connectivity index is 0.000000345. The molecule has 13 heteroatoms. The molecule has 3 atom stereocenters. The number of rotatable bonds is 3. The van der Waals surface area contributed by atoms with E-state index in [1.165, 1.54) is 28.9 Å². The molecule has 0 radical (unpaired) electrons. The van der Waals surface area contributed by atoms with Crippen LogP contribution in [-0.2, 0) is 19.6 Å². The molecule has 1 saturated heterocycles. The smallest absolute Gasteiger partial charge is 0.475 e. The summed E-state index contributed by atoms with van der Waals surface area (Å²) >= 11 is 0. The summed E-state index contributed by atoms with van der Waals surface area (Å²) in [6, 6.07) is 2.40. The van der Waals surface area contributed by atoms with Crippen molar-refractivity contribution in [1.29, 1.82) is 0 Å². The fraction of sp³-hybridized carbons (Fsp3) is 0.600. The molecule has 0 aromatic carbocycles. The number of aliphatic carboxylic acids is 1. The molecule has 1 aliphatic heterocycles. The maximum atomic E-state index is 13.7. The van der Waals surface area contributed by atoms with E-state index in [0.29, 0.717) is 26.0 Å². The van der Waals surface area contributed by atoms with Crippen LogP contribution in [0, 0.1) is 5.82 Å². The number of carboxylic acid groups (broad SMARTS) is 1. The van der Waals surface area contributed by atoms with Gasteiger partial charge in [-0.1, -0.05) is 0 Å². The van der Waals surface area contributed by atoms with Gasteiger partial charge in [-0.25, -0.2) is 22.6 Å². The first kappa shape index (κ1) is 22.3. The molecule has 28 heavy (non-hydrogen) atoms. The number of carbonyl (C=O) groups is 1. The van der Waals surface area contributed by atoms with Crippen LogP contribution < -0.4 is 4.74 Å². The number of sulfonamides is 1. The van der Waals surface area contributed by atoms with E-state index in [9.17, 15) is 26.0 Å². The number of aromatic nitrogens is 1. The summed E-state index contributed by atoms with van der Waals surface area (Å²) in [6.07, 6.45) is -1.92. The molecule has 2 aliphatic rings. The molecule has 2 heterocycles. The third-order valence-corrected chi connectivity index (χ3v) is 5.45. The number of fused-ring (bicyclic) bond motifs is 2. The van der Waals surface area contributed by atoms with Crippen LogP contribution >= 0.6 is 0 Å². The Bertz CT molecular complexity index is 804. The maximum Gasteiger partial charge on any atom is 0.490 e. The van der Waals surface area contributed by atoms with Crippen molar-refractivity contribution in [3.63, 3.8) is 0 Å². The molecular formula is C15H18F4N2O6S. The first-order valence-corrected chi connectivity index (χ1v) is 9.92. The van der Waals surface area contributed by atoms with Crippen LogP contribution in [0.2, 0.25) is 0 Å². The second-order valence-electron chi connectivity index (χ2n) is 6.10. The third-order valence-electron chi connectivity index (χ3n) is 4.15. The molecule has 1 saturated carbocycles. The minimum absolute atomic E-state index is 0.113. The van der Waals surface area contributed by atoms with E-state index >= 15 is 0 Å². The Hall–Kier alpha value is -1.99. The van der Waals surface area contributed by atoms with Gasteiger partial charge in [0.15, 0.2) is 5.82 Å². The van der Waals surface area contributed by atoms with Gasteiger partial charge in [-0.3, -0.25) is 0 Å². The lowest BCUT2D eigenvalue weighted by atomic mass is 10.2. The van der Waals surface area contributed by atoms with E-state index in [1.807, 2.05) is 0 Å². The number of ether oxygens (including phenoxy) is 2. The average Bonchev–Trinajstić information content (AvgIpc) is 2.82. The van der Waals surface area contributed by atoms with Gasteiger partial charge in [-0.2, -0.15) is 17.5 Å². The second-order valence-corrected chi connectivity index (χ2v) is 8.04. The minimum Gasteiger partial charge on any atom is -0.475 e. The van der Waals surface area contributed by atoms with E-state index in [4.69, 9.17) is 19.4 Å². The number of alkyl halides is 3. The van der Waals surface area contributed by atoms with Gasteiger partial charge in [0.05, 0.1) is 25.0 Å². The lowest BCUT2D eigenvalue weighted by molar-refractivity contribution is -0.192. The predicted molar refractivity (Wildman–Crippen MR) is 86.6 cm³/mol. The van der Waals surface area contributed by atoms with Gasteiger partial charge in [0.25, 0.3) is 5.88 Å². The minimum atomic E-state index is -5.08. The zero-order valence-electron chi connectivity index (χ0n) is 14.6. The van der Waals surface area contributed by atoms with E-state index in [-0.39, 0.29) is 18.0 Å². The van der Waals surface area contributed by atoms with E-state index in [2.05, 4.69) is 4.98 Å². The summed E-state index contributed by atoms with van der Waals surface area (Å²) in [6.45, 7) is 0.614. The fourth-order valence-corrected chi connectivity index (χ4v) is 4.13. The lowest BCUT2D eigenvalue weighted by Gasteiger charge is -2.29. The number of carboxylic acids is 1. The van der Waals surface area contributed by atoms with Gasteiger partial charge in [0.1, 0.15) is 6.10 Å². The Morgan fingerprint density at radius 2 is 2.04 bits per heavy atom. The van der Waals surface area contributed by atoms with Gasteiger partial charge in [0.2, 0.25) is 10.0 Å². The molecule has 0 spiro atoms. The number of halogens is 4. The highest BCUT2D eigenvalue weighted by Gasteiger charge is 2.47. The van der Waals surface area contributed by atoms with Crippen LogP contribution in [-0.4, -0.2) is 72.6 Å². The van der Waals surface area contributed by atoms with Crippen LogP contribution in [0.5, 0.6) is 5.88 Å². The molecule has 1 aromatic heterocycles. The van der Waals surface area contributed by atoms with Crippen molar-refractivity contribution in [2.45, 2.75) is 37.3 Å². The van der Waals surface area contributed by atoms with Crippen LogP contribution in [0.15, 0.2) is 18.3 Å². The second kappa shape index (κ2) is 8.57. The number of hydrogen-bond acceptors (Lipinski definition) is 6. The van der Waals surface area contributed by atoms with Crippen molar-refractivity contribution < 1.29 is 45.4 Å². The molecule has 1 aliphatic carbocycles. The zero-order chi connectivity index (χ0) is 21.1. The Labute approximate surface area is 158 Å². The van der Waals surface area contributed by atoms with Crippen LogP contribution in [0.3, 0.4) is 0 Å². The number of pyridine rings is 1. The Kier molecular flexibility index (Phi) is 6.83. The summed E-state index contributed by atoms with van der Waals surface area (Å²) < 4.78 is 82.0. The summed E-state index contributed by atoms with van der Waals surface area (Å²) in [7, 11) is -3.36. The van der Waals surface area contributed by atoms with Crippen LogP contribution in [0.25, 0.3) is 0 Å². The van der Waals surface area contributed by atoms with E-state index in [0.717, 1.165) is 0 Å². The van der Waals surface area contributed by atoms with Crippen LogP contribution in [0.1, 0.15) is 12.8 Å². The summed E-state index contributed by atoms with van der Waals surface area (Å²) in [5, 5.41) is 7.12. The quantitative estimate of drug-likeness (QED) is 0.723. The van der Waals surface area contributed by atoms with Crippen molar-refractivity contribution in [2.75, 3.05) is 19.4 Å². The molecule has 3 unspecified atom stereocenters. The topological polar surface area (TPSA) is 106 Å². The Morgan fingerprint density at radius 3 is 2.57 bits per heavy atom. The fourth-order valence-electron chi connectivity index (χ4n) is 3.01.